The van der Waals surface area contributed by atoms with E-state index < -0.39 is 32.5 Å². The summed E-state index contributed by atoms with van der Waals surface area (Å²) >= 11 is -1.41. The highest BCUT2D eigenvalue weighted by atomic mass is 32.2. The Hall–Kier alpha value is -2.54. The van der Waals surface area contributed by atoms with E-state index in [1.807, 2.05) is 20.8 Å². The maximum Gasteiger partial charge on any atom is 0.410 e. The second-order valence-electron chi connectivity index (χ2n) is 10.4. The molecule has 1 saturated heterocycles. The molecule has 0 aliphatic carbocycles. The number of piperidine rings is 1. The van der Waals surface area contributed by atoms with Gasteiger partial charge >= 0.3 is 6.09 Å². The van der Waals surface area contributed by atoms with Gasteiger partial charge in [0.15, 0.2) is 9.84 Å². The van der Waals surface area contributed by atoms with Gasteiger partial charge in [0.25, 0.3) is 11.3 Å². The van der Waals surface area contributed by atoms with E-state index in [0.29, 0.717) is 46.6 Å². The normalized spacial score (nSPS) is 16.0. The molecule has 4 rings (SSSR count). The summed E-state index contributed by atoms with van der Waals surface area (Å²) in [6.45, 7) is 8.09. The van der Waals surface area contributed by atoms with Crippen LogP contribution in [0.5, 0.6) is 0 Å². The van der Waals surface area contributed by atoms with Crippen molar-refractivity contribution in [3.8, 4) is 0 Å². The van der Waals surface area contributed by atoms with E-state index >= 15 is 0 Å². The van der Waals surface area contributed by atoms with Crippen molar-refractivity contribution >= 4 is 59.3 Å². The van der Waals surface area contributed by atoms with Crippen LogP contribution in [0.25, 0.3) is 10.1 Å². The lowest BCUT2D eigenvalue weighted by molar-refractivity contribution is 0.0205. The van der Waals surface area contributed by atoms with Crippen LogP contribution >= 0.6 is 11.3 Å². The molecule has 2 heterocycles. The van der Waals surface area contributed by atoms with E-state index in [2.05, 4.69) is 0 Å². The van der Waals surface area contributed by atoms with Crippen LogP contribution in [0.3, 0.4) is 0 Å². The first-order valence-electron chi connectivity index (χ1n) is 12.1. The highest BCUT2D eigenvalue weighted by Crippen LogP contribution is 2.44. The number of nitrogens with zero attached hydrogens (tertiary/aromatic N) is 2. The predicted octanol–water partition coefficient (Wildman–Crippen LogP) is 6.14. The molecule has 2 aromatic carbocycles. The number of aryl methyl sites for hydroxylation is 1. The van der Waals surface area contributed by atoms with Gasteiger partial charge in [-0.3, -0.25) is 4.55 Å². The smallest absolute Gasteiger partial charge is 0.410 e. The minimum absolute atomic E-state index is 0.00495. The third-order valence-electron chi connectivity index (χ3n) is 6.43. The molecule has 0 bridgehead atoms. The molecule has 1 atom stereocenters. The number of amides is 1. The highest BCUT2D eigenvalue weighted by molar-refractivity contribution is 7.91. The lowest BCUT2D eigenvalue weighted by atomic mass is 9.89. The van der Waals surface area contributed by atoms with E-state index in [-0.39, 0.29) is 22.6 Å². The van der Waals surface area contributed by atoms with Crippen molar-refractivity contribution in [1.29, 1.82) is 0 Å². The Morgan fingerprint density at radius 2 is 1.84 bits per heavy atom. The van der Waals surface area contributed by atoms with E-state index in [1.54, 1.807) is 36.1 Å². The molecule has 1 amide bonds. The van der Waals surface area contributed by atoms with Crippen molar-refractivity contribution < 1.29 is 31.1 Å². The molecule has 38 heavy (non-hydrogen) atoms. The van der Waals surface area contributed by atoms with Crippen LogP contribution in [-0.2, 0) is 25.8 Å². The Bertz CT molecular complexity index is 1510. The minimum Gasteiger partial charge on any atom is -0.444 e. The van der Waals surface area contributed by atoms with Crippen molar-refractivity contribution in [1.82, 2.24) is 4.90 Å². The third-order valence-corrected chi connectivity index (χ3v) is 9.63. The molecule has 1 N–H and O–H groups in total. The first-order valence-corrected chi connectivity index (χ1v) is 15.8. The van der Waals surface area contributed by atoms with Gasteiger partial charge in [-0.2, -0.15) is 0 Å². The molecule has 1 fully saturated rings. The first kappa shape index (κ1) is 28.5. The zero-order valence-electron chi connectivity index (χ0n) is 21.9. The Morgan fingerprint density at radius 1 is 1.18 bits per heavy atom. The lowest BCUT2D eigenvalue weighted by Gasteiger charge is -2.34. The van der Waals surface area contributed by atoms with Crippen molar-refractivity contribution in [3.05, 3.63) is 53.3 Å². The van der Waals surface area contributed by atoms with Crippen molar-refractivity contribution in [2.24, 2.45) is 0 Å². The molecule has 1 aliphatic rings. The van der Waals surface area contributed by atoms with Gasteiger partial charge in [-0.05, 0) is 87.9 Å². The SMILES string of the molecule is Cc1c(N(c2ccc(C3CCN(C(=O)OC(C)(C)C)CC3)cc2S(C)(=O)=O)S(=O)O)sc2ccc(F)cc12. The van der Waals surface area contributed by atoms with E-state index in [9.17, 15) is 26.4 Å². The highest BCUT2D eigenvalue weighted by Gasteiger charge is 2.31. The summed E-state index contributed by atoms with van der Waals surface area (Å²) < 4.78 is 69.8. The van der Waals surface area contributed by atoms with Gasteiger partial charge in [-0.25, -0.2) is 26.1 Å². The molecule has 1 unspecified atom stereocenters. The Morgan fingerprint density at radius 3 is 2.42 bits per heavy atom. The van der Waals surface area contributed by atoms with Gasteiger partial charge in [0.05, 0.1) is 10.6 Å². The molecule has 0 spiro atoms. The summed E-state index contributed by atoms with van der Waals surface area (Å²) in [7, 11) is -3.80. The average Bonchev–Trinajstić information content (AvgIpc) is 3.13. The lowest BCUT2D eigenvalue weighted by Crippen LogP contribution is -2.41. The van der Waals surface area contributed by atoms with Gasteiger partial charge in [0.1, 0.15) is 16.4 Å². The number of rotatable bonds is 5. The standard InChI is InChI=1S/C26H31FN2O6S3/c1-16-20-15-19(27)7-9-22(20)36-24(16)29(37(31)32)21-8-6-18(14-23(21)38(5,33)34)17-10-12-28(13-11-17)25(30)35-26(2,3)4/h6-9,14-15,17H,10-13H2,1-5H3,(H,31,32). The maximum atomic E-state index is 13.9. The fraction of sp³-hybridized carbons (Fsp3) is 0.423. The predicted molar refractivity (Wildman–Crippen MR) is 149 cm³/mol. The summed E-state index contributed by atoms with van der Waals surface area (Å²) in [4.78, 5) is 14.0. The van der Waals surface area contributed by atoms with Gasteiger partial charge < -0.3 is 9.64 Å². The third kappa shape index (κ3) is 6.03. The summed E-state index contributed by atoms with van der Waals surface area (Å²) in [6.07, 6.45) is 1.94. The molecule has 206 valence electrons. The number of halogens is 1. The van der Waals surface area contributed by atoms with Crippen LogP contribution in [0.4, 0.5) is 19.9 Å². The number of anilines is 2. The molecule has 0 saturated carbocycles. The maximum absolute atomic E-state index is 13.9. The van der Waals surface area contributed by atoms with E-state index in [4.69, 9.17) is 4.74 Å². The number of sulfone groups is 1. The quantitative estimate of drug-likeness (QED) is 0.363. The summed E-state index contributed by atoms with van der Waals surface area (Å²) in [5.41, 5.74) is 0.827. The summed E-state index contributed by atoms with van der Waals surface area (Å²) in [5, 5.41) is 0.949. The first-order chi connectivity index (χ1) is 17.7. The second kappa shape index (κ2) is 10.6. The zero-order chi connectivity index (χ0) is 28.0. The van der Waals surface area contributed by atoms with Crippen LogP contribution in [0.2, 0.25) is 0 Å². The minimum atomic E-state index is -3.80. The summed E-state index contributed by atoms with van der Waals surface area (Å²) in [6, 6.07) is 9.13. The number of hydrogen-bond donors (Lipinski definition) is 1. The Balaban J connectivity index is 1.68. The van der Waals surface area contributed by atoms with Crippen molar-refractivity contribution in [2.75, 3.05) is 23.7 Å². The number of carbonyl (C=O) groups is 1. The fourth-order valence-corrected chi connectivity index (χ4v) is 7.58. The topological polar surface area (TPSA) is 104 Å². The average molecular weight is 583 g/mol. The largest absolute Gasteiger partial charge is 0.444 e. The molecule has 1 aliphatic heterocycles. The molecule has 8 nitrogen and oxygen atoms in total. The monoisotopic (exact) mass is 582 g/mol. The molecule has 1 aromatic heterocycles. The molecular weight excluding hydrogens is 551 g/mol. The van der Waals surface area contributed by atoms with Crippen LogP contribution in [0, 0.1) is 12.7 Å². The molecule has 3 aromatic rings. The van der Waals surface area contributed by atoms with E-state index in [0.717, 1.165) is 16.1 Å². The summed E-state index contributed by atoms with van der Waals surface area (Å²) in [5.74, 6) is -0.425. The Kier molecular flexibility index (Phi) is 7.91. The van der Waals surface area contributed by atoms with Gasteiger partial charge in [0.2, 0.25) is 0 Å². The number of benzene rings is 2. The Labute approximate surface area is 228 Å². The van der Waals surface area contributed by atoms with Gasteiger partial charge in [-0.1, -0.05) is 6.07 Å². The number of hydrogen-bond acceptors (Lipinski definition) is 6. The molecule has 12 heteroatoms. The second-order valence-corrected chi connectivity index (χ2v) is 14.3. The molecule has 0 radical (unpaired) electrons. The number of likely N-dealkylation sites (tertiary alicyclic amines) is 1. The number of ether oxygens (including phenoxy) is 1. The fourth-order valence-electron chi connectivity index (χ4n) is 4.61. The van der Waals surface area contributed by atoms with Crippen LogP contribution < -0.4 is 4.31 Å². The van der Waals surface area contributed by atoms with Crippen LogP contribution in [-0.4, -0.2) is 53.1 Å². The van der Waals surface area contributed by atoms with Crippen LogP contribution in [0.15, 0.2) is 41.3 Å². The number of thiophene rings is 1. The van der Waals surface area contributed by atoms with E-state index in [1.165, 1.54) is 23.5 Å². The number of carbonyl (C=O) groups excluding carboxylic acids is 1. The van der Waals surface area contributed by atoms with Crippen molar-refractivity contribution in [2.45, 2.75) is 57.0 Å². The van der Waals surface area contributed by atoms with Gasteiger partial charge in [-0.15, -0.1) is 11.3 Å². The number of fused-ring (bicyclic) bond motifs is 1. The van der Waals surface area contributed by atoms with Crippen LogP contribution in [0.1, 0.15) is 50.7 Å². The zero-order valence-corrected chi connectivity index (χ0v) is 24.3. The van der Waals surface area contributed by atoms with Crippen molar-refractivity contribution in [3.63, 3.8) is 0 Å². The van der Waals surface area contributed by atoms with Gasteiger partial charge in [0, 0.05) is 29.4 Å². The molecular formula is C26H31FN2O6S3.